The van der Waals surface area contributed by atoms with Crippen molar-refractivity contribution in [2.45, 2.75) is 33.6 Å². The Kier molecular flexibility index (Phi) is 4.87. The number of aromatic nitrogens is 1. The molecule has 0 radical (unpaired) electrons. The van der Waals surface area contributed by atoms with Crippen molar-refractivity contribution < 1.29 is 9.90 Å². The standard InChI is InChI=1S/C14H19N3O2/c1-4-14(5-2,13(18)19)9-17-12-11(8-15)10(3)6-7-16-12/h6-7H,4-5,9H2,1-3H3,(H,16,17)(H,18,19). The molecule has 1 heterocycles. The first-order valence-electron chi connectivity index (χ1n) is 6.33. The summed E-state index contributed by atoms with van der Waals surface area (Å²) in [5, 5.41) is 21.5. The van der Waals surface area contributed by atoms with E-state index in [1.54, 1.807) is 12.3 Å². The molecule has 0 aromatic carbocycles. The molecule has 0 saturated carbocycles. The largest absolute Gasteiger partial charge is 0.481 e. The van der Waals surface area contributed by atoms with Crippen LogP contribution >= 0.6 is 0 Å². The molecule has 0 saturated heterocycles. The van der Waals surface area contributed by atoms with Crippen LogP contribution < -0.4 is 5.32 Å². The molecule has 1 aromatic heterocycles. The lowest BCUT2D eigenvalue weighted by atomic mass is 9.82. The molecule has 5 heteroatoms. The minimum Gasteiger partial charge on any atom is -0.481 e. The van der Waals surface area contributed by atoms with Gasteiger partial charge in [-0.2, -0.15) is 5.26 Å². The van der Waals surface area contributed by atoms with Gasteiger partial charge < -0.3 is 10.4 Å². The summed E-state index contributed by atoms with van der Waals surface area (Å²) in [5.74, 6) is -0.369. The van der Waals surface area contributed by atoms with Crippen LogP contribution in [0, 0.1) is 23.7 Å². The van der Waals surface area contributed by atoms with Gasteiger partial charge in [0.05, 0.1) is 11.0 Å². The third-order valence-electron chi connectivity index (χ3n) is 3.67. The number of aryl methyl sites for hydroxylation is 1. The normalized spacial score (nSPS) is 10.8. The van der Waals surface area contributed by atoms with Crippen molar-refractivity contribution in [1.82, 2.24) is 4.98 Å². The second-order valence-corrected chi connectivity index (χ2v) is 4.61. The summed E-state index contributed by atoms with van der Waals surface area (Å²) >= 11 is 0. The van der Waals surface area contributed by atoms with Gasteiger partial charge in [0.25, 0.3) is 0 Å². The van der Waals surface area contributed by atoms with Gasteiger partial charge in [-0.3, -0.25) is 4.79 Å². The fourth-order valence-corrected chi connectivity index (χ4v) is 1.96. The summed E-state index contributed by atoms with van der Waals surface area (Å²) in [6.07, 6.45) is 2.66. The first kappa shape index (κ1) is 15.0. The van der Waals surface area contributed by atoms with E-state index in [0.717, 1.165) is 5.56 Å². The third kappa shape index (κ3) is 3.02. The van der Waals surface area contributed by atoms with Crippen molar-refractivity contribution in [3.8, 4) is 6.07 Å². The van der Waals surface area contributed by atoms with Crippen molar-refractivity contribution in [2.75, 3.05) is 11.9 Å². The fourth-order valence-electron chi connectivity index (χ4n) is 1.96. The number of anilines is 1. The number of nitriles is 1. The maximum absolute atomic E-state index is 11.4. The molecule has 0 aliphatic heterocycles. The lowest BCUT2D eigenvalue weighted by Gasteiger charge is -2.27. The van der Waals surface area contributed by atoms with E-state index in [-0.39, 0.29) is 6.54 Å². The van der Waals surface area contributed by atoms with E-state index in [2.05, 4.69) is 16.4 Å². The molecule has 0 atom stereocenters. The zero-order valence-corrected chi connectivity index (χ0v) is 11.5. The Bertz CT molecular complexity index is 502. The van der Waals surface area contributed by atoms with Crippen LogP contribution in [0.15, 0.2) is 12.3 Å². The molecule has 0 spiro atoms. The SMILES string of the molecule is CCC(CC)(CNc1nccc(C)c1C#N)C(=O)O. The number of pyridine rings is 1. The summed E-state index contributed by atoms with van der Waals surface area (Å²) < 4.78 is 0. The monoisotopic (exact) mass is 261 g/mol. The number of hydrogen-bond acceptors (Lipinski definition) is 4. The number of rotatable bonds is 6. The van der Waals surface area contributed by atoms with Crippen LogP contribution in [-0.2, 0) is 4.79 Å². The van der Waals surface area contributed by atoms with Gasteiger partial charge in [0.15, 0.2) is 0 Å². The van der Waals surface area contributed by atoms with Crippen molar-refractivity contribution >= 4 is 11.8 Å². The van der Waals surface area contributed by atoms with Gasteiger partial charge in [-0.1, -0.05) is 13.8 Å². The van der Waals surface area contributed by atoms with Gasteiger partial charge in [0.1, 0.15) is 11.9 Å². The average molecular weight is 261 g/mol. The Morgan fingerprint density at radius 1 is 1.53 bits per heavy atom. The van der Waals surface area contributed by atoms with E-state index < -0.39 is 11.4 Å². The van der Waals surface area contributed by atoms with E-state index in [1.165, 1.54) is 0 Å². The topological polar surface area (TPSA) is 86.0 Å². The molecule has 0 fully saturated rings. The number of hydrogen-bond donors (Lipinski definition) is 2. The van der Waals surface area contributed by atoms with Gasteiger partial charge in [-0.05, 0) is 31.4 Å². The first-order valence-corrected chi connectivity index (χ1v) is 6.33. The molecule has 0 aliphatic rings. The minimum absolute atomic E-state index is 0.264. The molecule has 0 unspecified atom stereocenters. The Labute approximate surface area is 113 Å². The maximum Gasteiger partial charge on any atom is 0.311 e. The number of carboxylic acid groups (broad SMARTS) is 1. The van der Waals surface area contributed by atoms with Gasteiger partial charge in [-0.15, -0.1) is 0 Å². The van der Waals surface area contributed by atoms with E-state index in [9.17, 15) is 9.90 Å². The van der Waals surface area contributed by atoms with Crippen LogP contribution in [0.25, 0.3) is 0 Å². The van der Waals surface area contributed by atoms with Crippen LogP contribution in [0.5, 0.6) is 0 Å². The molecule has 0 aliphatic carbocycles. The Balaban J connectivity index is 2.96. The third-order valence-corrected chi connectivity index (χ3v) is 3.67. The van der Waals surface area contributed by atoms with Crippen LogP contribution in [0.4, 0.5) is 5.82 Å². The quantitative estimate of drug-likeness (QED) is 0.821. The molecule has 0 bridgehead atoms. The van der Waals surface area contributed by atoms with Crippen LogP contribution in [0.3, 0.4) is 0 Å². The highest BCUT2D eigenvalue weighted by Crippen LogP contribution is 2.27. The lowest BCUT2D eigenvalue weighted by molar-refractivity contribution is -0.148. The molecule has 102 valence electrons. The first-order chi connectivity index (χ1) is 9.00. The Hall–Kier alpha value is -2.09. The van der Waals surface area contributed by atoms with Gasteiger partial charge in [0.2, 0.25) is 0 Å². The highest BCUT2D eigenvalue weighted by Gasteiger charge is 2.34. The molecule has 1 aromatic rings. The number of carboxylic acids is 1. The fraction of sp³-hybridized carbons (Fsp3) is 0.500. The predicted octanol–water partition coefficient (Wildman–Crippen LogP) is 2.56. The molecule has 1 rings (SSSR count). The molecular weight excluding hydrogens is 242 g/mol. The van der Waals surface area contributed by atoms with Crippen LogP contribution in [0.1, 0.15) is 37.8 Å². The van der Waals surface area contributed by atoms with Gasteiger partial charge in [-0.25, -0.2) is 4.98 Å². The predicted molar refractivity (Wildman–Crippen MR) is 72.8 cm³/mol. The van der Waals surface area contributed by atoms with E-state index in [1.807, 2.05) is 20.8 Å². The summed E-state index contributed by atoms with van der Waals surface area (Å²) in [5.41, 5.74) is 0.473. The molecule has 19 heavy (non-hydrogen) atoms. The molecule has 0 amide bonds. The second kappa shape index (κ2) is 6.19. The lowest BCUT2D eigenvalue weighted by Crippen LogP contribution is -2.37. The number of aliphatic carboxylic acids is 1. The molecular formula is C14H19N3O2. The van der Waals surface area contributed by atoms with Crippen molar-refractivity contribution in [2.24, 2.45) is 5.41 Å². The maximum atomic E-state index is 11.4. The highest BCUT2D eigenvalue weighted by molar-refractivity contribution is 5.75. The van der Waals surface area contributed by atoms with Gasteiger partial charge >= 0.3 is 5.97 Å². The summed E-state index contributed by atoms with van der Waals surface area (Å²) in [7, 11) is 0. The summed E-state index contributed by atoms with van der Waals surface area (Å²) in [6.45, 7) is 5.80. The summed E-state index contributed by atoms with van der Waals surface area (Å²) in [4.78, 5) is 15.5. The van der Waals surface area contributed by atoms with Crippen LogP contribution in [-0.4, -0.2) is 22.6 Å². The molecule has 2 N–H and O–H groups in total. The van der Waals surface area contributed by atoms with E-state index >= 15 is 0 Å². The second-order valence-electron chi connectivity index (χ2n) is 4.61. The van der Waals surface area contributed by atoms with E-state index in [4.69, 9.17) is 5.26 Å². The molecule has 5 nitrogen and oxygen atoms in total. The van der Waals surface area contributed by atoms with Crippen molar-refractivity contribution in [3.63, 3.8) is 0 Å². The number of nitrogens with one attached hydrogen (secondary N) is 1. The number of nitrogens with zero attached hydrogens (tertiary/aromatic N) is 2. The zero-order valence-electron chi connectivity index (χ0n) is 11.5. The van der Waals surface area contributed by atoms with Crippen molar-refractivity contribution in [1.29, 1.82) is 5.26 Å². The average Bonchev–Trinajstić information content (AvgIpc) is 2.40. The van der Waals surface area contributed by atoms with Crippen LogP contribution in [0.2, 0.25) is 0 Å². The summed E-state index contributed by atoms with van der Waals surface area (Å²) in [6, 6.07) is 3.85. The van der Waals surface area contributed by atoms with Crippen molar-refractivity contribution in [3.05, 3.63) is 23.4 Å². The highest BCUT2D eigenvalue weighted by atomic mass is 16.4. The Morgan fingerprint density at radius 2 is 2.16 bits per heavy atom. The Morgan fingerprint density at radius 3 is 2.63 bits per heavy atom. The zero-order chi connectivity index (χ0) is 14.5. The van der Waals surface area contributed by atoms with E-state index in [0.29, 0.717) is 24.2 Å². The smallest absolute Gasteiger partial charge is 0.311 e. The minimum atomic E-state index is -0.823. The number of carbonyl (C=O) groups is 1. The van der Waals surface area contributed by atoms with Gasteiger partial charge in [0, 0.05) is 12.7 Å².